The van der Waals surface area contributed by atoms with Crippen LogP contribution in [0.5, 0.6) is 0 Å². The van der Waals surface area contributed by atoms with Crippen LogP contribution in [-0.4, -0.2) is 66.3 Å². The van der Waals surface area contributed by atoms with Crippen LogP contribution in [0.3, 0.4) is 0 Å². The van der Waals surface area contributed by atoms with Gasteiger partial charge in [-0.1, -0.05) is 11.6 Å². The molecule has 32 heavy (non-hydrogen) atoms. The number of morpholine rings is 1. The number of anilines is 3. The van der Waals surface area contributed by atoms with Crippen LogP contribution < -0.4 is 15.5 Å². The molecule has 0 aliphatic carbocycles. The highest BCUT2D eigenvalue weighted by Crippen LogP contribution is 2.24. The Labute approximate surface area is 189 Å². The molecule has 2 saturated heterocycles. The molecule has 0 unspecified atom stereocenters. The molecule has 0 saturated carbocycles. The van der Waals surface area contributed by atoms with Gasteiger partial charge in [-0.3, -0.25) is 9.59 Å². The summed E-state index contributed by atoms with van der Waals surface area (Å²) in [5.41, 5.74) is 1.74. The van der Waals surface area contributed by atoms with Gasteiger partial charge in [0.2, 0.25) is 5.91 Å². The number of nitrogens with one attached hydrogen (secondary N) is 2. The number of hydrogen-bond acceptors (Lipinski definition) is 5. The molecule has 2 fully saturated rings. The fourth-order valence-electron chi connectivity index (χ4n) is 3.78. The lowest BCUT2D eigenvalue weighted by atomic mass is 10.1. The van der Waals surface area contributed by atoms with E-state index in [4.69, 9.17) is 16.3 Å². The lowest BCUT2D eigenvalue weighted by molar-refractivity contribution is -0.125. The van der Waals surface area contributed by atoms with Crippen molar-refractivity contribution < 1.29 is 24.2 Å². The van der Waals surface area contributed by atoms with Gasteiger partial charge in [-0.25, -0.2) is 4.79 Å². The normalized spacial score (nSPS) is 20.9. The fraction of sp³-hybridized carbons (Fsp3) is 0.318. The molecular weight excluding hydrogens is 436 g/mol. The number of carbonyl (C=O) groups is 3. The molecule has 0 spiro atoms. The maximum absolute atomic E-state index is 12.9. The number of aliphatic hydroxyl groups is 1. The first-order chi connectivity index (χ1) is 15.4. The summed E-state index contributed by atoms with van der Waals surface area (Å²) >= 11 is 5.86. The number of carbonyl (C=O) groups excluding carboxylic acids is 3. The van der Waals surface area contributed by atoms with Crippen LogP contribution in [0.25, 0.3) is 0 Å². The minimum atomic E-state index is -1.03. The van der Waals surface area contributed by atoms with Crippen molar-refractivity contribution in [3.8, 4) is 0 Å². The Balaban J connectivity index is 1.41. The Kier molecular flexibility index (Phi) is 6.59. The molecule has 3 N–H and O–H groups in total. The number of urea groups is 1. The maximum Gasteiger partial charge on any atom is 0.322 e. The average Bonchev–Trinajstić information content (AvgIpc) is 3.18. The van der Waals surface area contributed by atoms with Gasteiger partial charge in [0.25, 0.3) is 5.91 Å². The monoisotopic (exact) mass is 458 g/mol. The Bertz CT molecular complexity index is 998. The van der Waals surface area contributed by atoms with E-state index in [1.807, 2.05) is 0 Å². The molecule has 2 heterocycles. The van der Waals surface area contributed by atoms with Crippen molar-refractivity contribution >= 4 is 46.5 Å². The highest BCUT2D eigenvalue weighted by Gasteiger charge is 2.41. The Morgan fingerprint density at radius 1 is 1.00 bits per heavy atom. The first-order valence-electron chi connectivity index (χ1n) is 10.2. The van der Waals surface area contributed by atoms with Crippen LogP contribution in [0, 0.1) is 0 Å². The molecule has 2 aromatic rings. The van der Waals surface area contributed by atoms with Gasteiger partial charge in [0.15, 0.2) is 0 Å². The molecule has 4 rings (SSSR count). The molecule has 2 aromatic carbocycles. The molecule has 0 bridgehead atoms. The third-order valence-electron chi connectivity index (χ3n) is 5.42. The van der Waals surface area contributed by atoms with Crippen LogP contribution in [0.15, 0.2) is 48.5 Å². The van der Waals surface area contributed by atoms with Gasteiger partial charge < -0.3 is 30.3 Å². The SMILES string of the molecule is O=C(Nc1ccc(N2CCOCC2=O)cc1)[C@@H]1[C@@H](O)CCN1C(=O)Nc1ccc(Cl)cc1. The summed E-state index contributed by atoms with van der Waals surface area (Å²) in [7, 11) is 0. The van der Waals surface area contributed by atoms with Crippen molar-refractivity contribution in [3.63, 3.8) is 0 Å². The van der Waals surface area contributed by atoms with Gasteiger partial charge in [0.1, 0.15) is 12.6 Å². The number of benzene rings is 2. The van der Waals surface area contributed by atoms with Crippen molar-refractivity contribution in [1.29, 1.82) is 0 Å². The standard InChI is InChI=1S/C22H23ClN4O5/c23-14-1-3-16(4-2-14)25-22(31)27-10-9-18(28)20(27)21(30)24-15-5-7-17(8-6-15)26-11-12-32-13-19(26)29/h1-8,18,20,28H,9-13H2,(H,24,30)(H,25,31)/t18-,20-/m0/s1. The fourth-order valence-corrected chi connectivity index (χ4v) is 3.91. The summed E-state index contributed by atoms with van der Waals surface area (Å²) in [5, 5.41) is 16.4. The number of nitrogens with zero attached hydrogens (tertiary/aromatic N) is 2. The van der Waals surface area contributed by atoms with E-state index in [0.29, 0.717) is 41.7 Å². The summed E-state index contributed by atoms with van der Waals surface area (Å²) in [6.45, 7) is 1.23. The maximum atomic E-state index is 12.9. The second kappa shape index (κ2) is 9.56. The van der Waals surface area contributed by atoms with Crippen molar-refractivity contribution in [2.75, 3.05) is 41.8 Å². The van der Waals surface area contributed by atoms with E-state index >= 15 is 0 Å². The zero-order chi connectivity index (χ0) is 22.7. The van der Waals surface area contributed by atoms with Gasteiger partial charge in [-0.2, -0.15) is 0 Å². The van der Waals surface area contributed by atoms with Crippen molar-refractivity contribution in [3.05, 3.63) is 53.6 Å². The predicted molar refractivity (Wildman–Crippen MR) is 120 cm³/mol. The third-order valence-corrected chi connectivity index (χ3v) is 5.68. The van der Waals surface area contributed by atoms with Gasteiger partial charge in [-0.05, 0) is 55.0 Å². The van der Waals surface area contributed by atoms with Crippen molar-refractivity contribution in [2.45, 2.75) is 18.6 Å². The predicted octanol–water partition coefficient (Wildman–Crippen LogP) is 2.31. The largest absolute Gasteiger partial charge is 0.390 e. The number of rotatable bonds is 4. The van der Waals surface area contributed by atoms with E-state index in [1.54, 1.807) is 53.4 Å². The van der Waals surface area contributed by atoms with Gasteiger partial charge >= 0.3 is 6.03 Å². The van der Waals surface area contributed by atoms with E-state index in [-0.39, 0.29) is 19.1 Å². The summed E-state index contributed by atoms with van der Waals surface area (Å²) < 4.78 is 5.13. The zero-order valence-electron chi connectivity index (χ0n) is 17.2. The smallest absolute Gasteiger partial charge is 0.322 e. The quantitative estimate of drug-likeness (QED) is 0.651. The van der Waals surface area contributed by atoms with Crippen molar-refractivity contribution in [2.24, 2.45) is 0 Å². The number of hydrogen-bond donors (Lipinski definition) is 3. The van der Waals surface area contributed by atoms with Gasteiger partial charge in [0.05, 0.1) is 12.7 Å². The zero-order valence-corrected chi connectivity index (χ0v) is 17.9. The first-order valence-corrected chi connectivity index (χ1v) is 10.6. The molecular formula is C22H23ClN4O5. The van der Waals surface area contributed by atoms with Crippen LogP contribution in [0.4, 0.5) is 21.9 Å². The molecule has 0 aromatic heterocycles. The Morgan fingerprint density at radius 3 is 2.34 bits per heavy atom. The van der Waals surface area contributed by atoms with E-state index in [9.17, 15) is 19.5 Å². The minimum Gasteiger partial charge on any atom is -0.390 e. The molecule has 9 nitrogen and oxygen atoms in total. The van der Waals surface area contributed by atoms with Crippen molar-refractivity contribution in [1.82, 2.24) is 4.90 Å². The molecule has 2 atom stereocenters. The number of amides is 4. The van der Waals surface area contributed by atoms with Crippen LogP contribution in [0.1, 0.15) is 6.42 Å². The summed E-state index contributed by atoms with van der Waals surface area (Å²) in [6, 6.07) is 11.9. The molecule has 168 valence electrons. The number of likely N-dealkylation sites (tertiary alicyclic amines) is 1. The topological polar surface area (TPSA) is 111 Å². The Hall–Kier alpha value is -3.14. The highest BCUT2D eigenvalue weighted by atomic mass is 35.5. The Morgan fingerprint density at radius 2 is 1.66 bits per heavy atom. The average molecular weight is 459 g/mol. The highest BCUT2D eigenvalue weighted by molar-refractivity contribution is 6.30. The molecule has 10 heteroatoms. The van der Waals surface area contributed by atoms with E-state index in [0.717, 1.165) is 0 Å². The third kappa shape index (κ3) is 4.85. The van der Waals surface area contributed by atoms with Crippen LogP contribution in [-0.2, 0) is 14.3 Å². The van der Waals surface area contributed by atoms with Crippen LogP contribution >= 0.6 is 11.6 Å². The second-order valence-corrected chi connectivity index (χ2v) is 8.00. The number of ether oxygens (including phenoxy) is 1. The van der Waals surface area contributed by atoms with E-state index in [1.165, 1.54) is 4.90 Å². The molecule has 4 amide bonds. The van der Waals surface area contributed by atoms with E-state index < -0.39 is 24.1 Å². The number of aliphatic hydroxyl groups excluding tert-OH is 1. The number of halogens is 1. The first kappa shape index (κ1) is 22.1. The second-order valence-electron chi connectivity index (χ2n) is 7.57. The van der Waals surface area contributed by atoms with Gasteiger partial charge in [-0.15, -0.1) is 0 Å². The summed E-state index contributed by atoms with van der Waals surface area (Å²) in [4.78, 5) is 40.5. The van der Waals surface area contributed by atoms with E-state index in [2.05, 4.69) is 10.6 Å². The van der Waals surface area contributed by atoms with Gasteiger partial charge in [0, 0.05) is 35.2 Å². The summed E-state index contributed by atoms with van der Waals surface area (Å²) in [6.07, 6.45) is -0.680. The molecule has 2 aliphatic heterocycles. The molecule has 0 radical (unpaired) electrons. The molecule has 2 aliphatic rings. The van der Waals surface area contributed by atoms with Crippen LogP contribution in [0.2, 0.25) is 5.02 Å². The lowest BCUT2D eigenvalue weighted by Gasteiger charge is -2.27. The minimum absolute atomic E-state index is 0.0476. The lowest BCUT2D eigenvalue weighted by Crippen LogP contribution is -2.49. The summed E-state index contributed by atoms with van der Waals surface area (Å²) in [5.74, 6) is -0.610.